The highest BCUT2D eigenvalue weighted by molar-refractivity contribution is 7.46. The third-order valence-corrected chi connectivity index (χ3v) is 6.49. The van der Waals surface area contributed by atoms with Gasteiger partial charge in [-0.25, -0.2) is 4.79 Å². The first-order valence-electron chi connectivity index (χ1n) is 10.3. The van der Waals surface area contributed by atoms with Crippen molar-refractivity contribution < 1.29 is 41.7 Å². The summed E-state index contributed by atoms with van der Waals surface area (Å²) in [6.45, 7) is 3.05. The molecule has 0 saturated carbocycles. The maximum atomic E-state index is 12.2. The number of rotatable bonds is 14. The number of anilines is 1. The van der Waals surface area contributed by atoms with Crippen molar-refractivity contribution in [2.75, 3.05) is 25.6 Å². The van der Waals surface area contributed by atoms with Gasteiger partial charge in [-0.1, -0.05) is 26.7 Å². The Labute approximate surface area is 186 Å². The van der Waals surface area contributed by atoms with Gasteiger partial charge in [0.05, 0.1) is 25.9 Å². The number of nitrogens with zero attached hydrogens (tertiary/aromatic N) is 2. The molecule has 2 unspecified atom stereocenters. The highest BCUT2D eigenvalue weighted by atomic mass is 31.2. The summed E-state index contributed by atoms with van der Waals surface area (Å²) in [5, 5.41) is 0. The Morgan fingerprint density at radius 1 is 1.16 bits per heavy atom. The lowest BCUT2D eigenvalue weighted by Gasteiger charge is -2.29. The van der Waals surface area contributed by atoms with Gasteiger partial charge in [0.2, 0.25) is 0 Å². The van der Waals surface area contributed by atoms with Gasteiger partial charge in [0.25, 0.3) is 15.6 Å². The Hall–Kier alpha value is -1.14. The van der Waals surface area contributed by atoms with E-state index in [4.69, 9.17) is 28.6 Å². The lowest BCUT2D eigenvalue weighted by atomic mass is 10.2. The number of aromatic nitrogens is 2. The predicted octanol–water partition coefficient (Wildman–Crippen LogP) is 1.09. The summed E-state index contributed by atoms with van der Waals surface area (Å²) in [6.07, 6.45) is 0.372. The second kappa shape index (κ2) is 12.4. The predicted molar refractivity (Wildman–Crippen MR) is 109 cm³/mol. The molecule has 13 nitrogen and oxygen atoms in total. The number of hydrogen-bond donors (Lipinski definition) is 1. The zero-order valence-corrected chi connectivity index (χ0v) is 19.8. The van der Waals surface area contributed by atoms with Crippen LogP contribution in [0.15, 0.2) is 17.1 Å². The Balaban J connectivity index is 2.12. The van der Waals surface area contributed by atoms with Crippen LogP contribution in [0.25, 0.3) is 0 Å². The van der Waals surface area contributed by atoms with E-state index in [9.17, 15) is 23.7 Å². The van der Waals surface area contributed by atoms with Gasteiger partial charge >= 0.3 is 5.69 Å². The molecule has 1 aromatic rings. The van der Waals surface area contributed by atoms with Crippen molar-refractivity contribution in [3.8, 4) is 0 Å². The van der Waals surface area contributed by atoms with Gasteiger partial charge in [-0.05, 0) is 18.9 Å². The largest absolute Gasteiger partial charge is 0.756 e. The van der Waals surface area contributed by atoms with Gasteiger partial charge < -0.3 is 38.4 Å². The summed E-state index contributed by atoms with van der Waals surface area (Å²) in [5.41, 5.74) is 4.76. The Morgan fingerprint density at radius 2 is 1.78 bits per heavy atom. The lowest BCUT2D eigenvalue weighted by Crippen LogP contribution is -2.31. The van der Waals surface area contributed by atoms with Crippen LogP contribution in [-0.2, 0) is 32.0 Å². The number of ether oxygens (including phenoxy) is 1. The number of nitrogens with two attached hydrogens (primary N) is 1. The molecule has 1 aliphatic heterocycles. The summed E-state index contributed by atoms with van der Waals surface area (Å²) in [5.74, 6) is 0.00170. The second-order valence-electron chi connectivity index (χ2n) is 7.11. The quantitative estimate of drug-likeness (QED) is 0.285. The van der Waals surface area contributed by atoms with Gasteiger partial charge in [0, 0.05) is 12.6 Å². The fraction of sp³-hybridized carbons (Fsp3) is 0.765. The van der Waals surface area contributed by atoms with Crippen LogP contribution in [0.1, 0.15) is 52.2 Å². The van der Waals surface area contributed by atoms with Crippen LogP contribution in [0, 0.1) is 0 Å². The maximum Gasteiger partial charge on any atom is 0.351 e. The highest BCUT2D eigenvalue weighted by Gasteiger charge is 2.40. The molecule has 0 amide bonds. The molecule has 32 heavy (non-hydrogen) atoms. The van der Waals surface area contributed by atoms with Crippen LogP contribution >= 0.6 is 15.6 Å². The standard InChI is InChI=1S/C17H31N3O10P2/c1-3-5-9-26-31(22,23)28-12-14-13(30-32(24,25)27-10-6-4-2)11-16(29-14)20-8-7-15(18)19-17(20)21/h7-8,13-14,16H,3-6,9-12H2,1-2H3,(H,22,23)(H,24,25)(H2,18,19,21)/p-2/t13-,14+,16+/m0/s1. The van der Waals surface area contributed by atoms with E-state index in [-0.39, 0.29) is 25.5 Å². The molecule has 0 aliphatic carbocycles. The van der Waals surface area contributed by atoms with Gasteiger partial charge in [-0.3, -0.25) is 13.7 Å². The summed E-state index contributed by atoms with van der Waals surface area (Å²) in [4.78, 5) is 39.8. The highest BCUT2D eigenvalue weighted by Crippen LogP contribution is 2.46. The molecule has 184 valence electrons. The van der Waals surface area contributed by atoms with E-state index in [0.717, 1.165) is 17.4 Å². The first-order valence-corrected chi connectivity index (χ1v) is 13.2. The van der Waals surface area contributed by atoms with E-state index in [2.05, 4.69) is 4.98 Å². The smallest absolute Gasteiger partial charge is 0.351 e. The van der Waals surface area contributed by atoms with Crippen molar-refractivity contribution in [2.45, 2.75) is 64.4 Å². The van der Waals surface area contributed by atoms with Gasteiger partial charge in [0.1, 0.15) is 18.1 Å². The Morgan fingerprint density at radius 3 is 2.38 bits per heavy atom. The van der Waals surface area contributed by atoms with Gasteiger partial charge in [-0.15, -0.1) is 0 Å². The average Bonchev–Trinajstić information content (AvgIpc) is 3.08. The normalized spacial score (nSPS) is 24.8. The van der Waals surface area contributed by atoms with E-state index in [0.29, 0.717) is 12.8 Å². The number of nitrogen functional groups attached to an aromatic ring is 1. The third kappa shape index (κ3) is 8.66. The SMILES string of the molecule is CCCCOP(=O)([O-])OC[C@H]1O[C@@H](n2ccc(N)nc2=O)C[C@@H]1OP(=O)([O-])OCCCC. The molecule has 0 bridgehead atoms. The van der Waals surface area contributed by atoms with E-state index in [1.807, 2.05) is 13.8 Å². The number of phosphoric ester groups is 2. The van der Waals surface area contributed by atoms with Crippen LogP contribution in [0.2, 0.25) is 0 Å². The zero-order chi connectivity index (χ0) is 23.8. The molecular formula is C17H29N3O10P2-2. The fourth-order valence-corrected chi connectivity index (χ4v) is 4.54. The summed E-state index contributed by atoms with van der Waals surface area (Å²) in [6, 6.07) is 1.37. The minimum Gasteiger partial charge on any atom is -0.756 e. The first kappa shape index (κ1) is 27.1. The fourth-order valence-electron chi connectivity index (χ4n) is 2.82. The Kier molecular flexibility index (Phi) is 10.5. The monoisotopic (exact) mass is 497 g/mol. The maximum absolute atomic E-state index is 12.2. The molecule has 2 rings (SSSR count). The minimum atomic E-state index is -4.72. The molecule has 0 aromatic carbocycles. The van der Waals surface area contributed by atoms with E-state index in [1.165, 1.54) is 12.3 Å². The average molecular weight is 497 g/mol. The van der Waals surface area contributed by atoms with Gasteiger partial charge in [-0.2, -0.15) is 4.98 Å². The molecule has 1 saturated heterocycles. The molecule has 15 heteroatoms. The molecule has 0 radical (unpaired) electrons. The van der Waals surface area contributed by atoms with Crippen molar-refractivity contribution in [1.82, 2.24) is 9.55 Å². The van der Waals surface area contributed by atoms with Crippen LogP contribution in [0.4, 0.5) is 5.82 Å². The van der Waals surface area contributed by atoms with E-state index in [1.54, 1.807) is 0 Å². The third-order valence-electron chi connectivity index (χ3n) is 4.50. The van der Waals surface area contributed by atoms with Crippen molar-refractivity contribution in [1.29, 1.82) is 0 Å². The number of phosphoric acid groups is 2. The van der Waals surface area contributed by atoms with E-state index < -0.39 is 46.4 Å². The minimum absolute atomic E-state index is 0.00170. The van der Waals surface area contributed by atoms with Crippen LogP contribution in [0.5, 0.6) is 0 Å². The molecule has 2 heterocycles. The Bertz CT molecular complexity index is 882. The molecule has 1 aliphatic rings. The molecule has 5 atom stereocenters. The molecular weight excluding hydrogens is 468 g/mol. The van der Waals surface area contributed by atoms with Crippen molar-refractivity contribution in [2.24, 2.45) is 0 Å². The number of unbranched alkanes of at least 4 members (excludes halogenated alkanes) is 2. The van der Waals surface area contributed by atoms with E-state index >= 15 is 0 Å². The zero-order valence-electron chi connectivity index (χ0n) is 18.0. The van der Waals surface area contributed by atoms with Crippen LogP contribution in [0.3, 0.4) is 0 Å². The van der Waals surface area contributed by atoms with Crippen molar-refractivity contribution in [3.63, 3.8) is 0 Å². The summed E-state index contributed by atoms with van der Waals surface area (Å²) >= 11 is 0. The molecule has 2 N–H and O–H groups in total. The van der Waals surface area contributed by atoms with Crippen molar-refractivity contribution in [3.05, 3.63) is 22.7 Å². The van der Waals surface area contributed by atoms with Crippen molar-refractivity contribution >= 4 is 21.5 Å². The topological polar surface area (TPSA) is 187 Å². The van der Waals surface area contributed by atoms with Gasteiger partial charge in [0.15, 0.2) is 0 Å². The first-order chi connectivity index (χ1) is 15.1. The molecule has 1 aromatic heterocycles. The van der Waals surface area contributed by atoms with Crippen LogP contribution in [-0.4, -0.2) is 41.6 Å². The lowest BCUT2D eigenvalue weighted by molar-refractivity contribution is -0.233. The summed E-state index contributed by atoms with van der Waals surface area (Å²) in [7, 11) is -9.36. The molecule has 1 fully saturated rings. The van der Waals surface area contributed by atoms with Crippen LogP contribution < -0.4 is 21.2 Å². The number of hydrogen-bond acceptors (Lipinski definition) is 12. The second-order valence-corrected chi connectivity index (χ2v) is 9.89. The molecule has 0 spiro atoms. The summed E-state index contributed by atoms with van der Waals surface area (Å²) < 4.78 is 50.4.